The van der Waals surface area contributed by atoms with E-state index in [1.807, 2.05) is 25.1 Å². The van der Waals surface area contributed by atoms with Crippen LogP contribution < -0.4 is 0 Å². The molecule has 0 saturated carbocycles. The molecule has 0 aliphatic carbocycles. The highest BCUT2D eigenvalue weighted by molar-refractivity contribution is 5.51. The summed E-state index contributed by atoms with van der Waals surface area (Å²) in [5, 5.41) is 0. The molecule has 0 saturated heterocycles. The summed E-state index contributed by atoms with van der Waals surface area (Å²) in [5.41, 5.74) is 1.11. The second-order valence-corrected chi connectivity index (χ2v) is 3.85. The zero-order chi connectivity index (χ0) is 10.1. The van der Waals surface area contributed by atoms with Gasteiger partial charge < -0.3 is 8.83 Å². The quantitative estimate of drug-likeness (QED) is 0.716. The van der Waals surface area contributed by atoms with Gasteiger partial charge in [-0.15, -0.1) is 0 Å². The fourth-order valence-corrected chi connectivity index (χ4v) is 1.36. The van der Waals surface area contributed by atoms with Gasteiger partial charge in [-0.1, -0.05) is 13.8 Å². The summed E-state index contributed by atoms with van der Waals surface area (Å²) in [7, 11) is 0. The molecule has 74 valence electrons. The van der Waals surface area contributed by atoms with E-state index in [-0.39, 0.29) is 0 Å². The largest absolute Gasteiger partial charge is 0.461 e. The molecule has 14 heavy (non-hydrogen) atoms. The lowest BCUT2D eigenvalue weighted by molar-refractivity contribution is 0.475. The molecule has 0 spiro atoms. The van der Waals surface area contributed by atoms with Gasteiger partial charge in [0, 0.05) is 5.92 Å². The second kappa shape index (κ2) is 3.37. The summed E-state index contributed by atoms with van der Waals surface area (Å²) in [5.74, 6) is 3.02. The van der Waals surface area contributed by atoms with Crippen molar-refractivity contribution in [1.82, 2.24) is 0 Å². The fourth-order valence-electron chi connectivity index (χ4n) is 1.36. The van der Waals surface area contributed by atoms with Crippen molar-refractivity contribution in [3.05, 3.63) is 35.8 Å². The SMILES string of the molecule is Cc1coc(-c2ccc(C(C)C)o2)c1. The molecule has 0 fully saturated rings. The maximum absolute atomic E-state index is 5.65. The van der Waals surface area contributed by atoms with E-state index in [1.54, 1.807) is 6.26 Å². The van der Waals surface area contributed by atoms with Gasteiger partial charge in [0.25, 0.3) is 0 Å². The molecule has 0 aliphatic rings. The standard InChI is InChI=1S/C12H14O2/c1-8(2)10-4-5-11(14-10)12-6-9(3)7-13-12/h4-8H,1-3H3. The van der Waals surface area contributed by atoms with E-state index in [0.717, 1.165) is 22.8 Å². The van der Waals surface area contributed by atoms with Crippen LogP contribution in [0.3, 0.4) is 0 Å². The average molecular weight is 190 g/mol. The van der Waals surface area contributed by atoms with Crippen LogP contribution in [0.4, 0.5) is 0 Å². The van der Waals surface area contributed by atoms with E-state index in [9.17, 15) is 0 Å². The Morgan fingerprint density at radius 3 is 2.43 bits per heavy atom. The highest BCUT2D eigenvalue weighted by atomic mass is 16.4. The van der Waals surface area contributed by atoms with Gasteiger partial charge in [-0.3, -0.25) is 0 Å². The smallest absolute Gasteiger partial charge is 0.169 e. The molecule has 0 amide bonds. The molecular weight excluding hydrogens is 176 g/mol. The van der Waals surface area contributed by atoms with Crippen molar-refractivity contribution in [3.8, 4) is 11.5 Å². The minimum Gasteiger partial charge on any atom is -0.461 e. The van der Waals surface area contributed by atoms with Crippen LogP contribution in [0.5, 0.6) is 0 Å². The first-order valence-corrected chi connectivity index (χ1v) is 4.82. The predicted molar refractivity (Wildman–Crippen MR) is 55.2 cm³/mol. The Bertz CT molecular complexity index is 421. The van der Waals surface area contributed by atoms with E-state index in [0.29, 0.717) is 5.92 Å². The summed E-state index contributed by atoms with van der Waals surface area (Å²) in [6.45, 7) is 6.21. The Hall–Kier alpha value is -1.44. The molecule has 2 aromatic heterocycles. The molecule has 0 atom stereocenters. The predicted octanol–water partition coefficient (Wildman–Crippen LogP) is 3.97. The van der Waals surface area contributed by atoms with Gasteiger partial charge in [0.2, 0.25) is 0 Å². The topological polar surface area (TPSA) is 26.3 Å². The molecule has 2 heterocycles. The van der Waals surface area contributed by atoms with Gasteiger partial charge in [-0.25, -0.2) is 0 Å². The third-order valence-electron chi connectivity index (χ3n) is 2.17. The summed E-state index contributed by atoms with van der Waals surface area (Å²) in [4.78, 5) is 0. The van der Waals surface area contributed by atoms with E-state index >= 15 is 0 Å². The van der Waals surface area contributed by atoms with Crippen molar-refractivity contribution in [3.63, 3.8) is 0 Å². The van der Waals surface area contributed by atoms with Crippen molar-refractivity contribution in [2.75, 3.05) is 0 Å². The Kier molecular flexibility index (Phi) is 2.20. The van der Waals surface area contributed by atoms with Gasteiger partial charge in [0.05, 0.1) is 6.26 Å². The molecule has 0 N–H and O–H groups in total. The first kappa shape index (κ1) is 9.13. The lowest BCUT2D eigenvalue weighted by atomic mass is 10.2. The Labute approximate surface area is 83.5 Å². The zero-order valence-electron chi connectivity index (χ0n) is 8.70. The molecule has 0 radical (unpaired) electrons. The number of aryl methyl sites for hydroxylation is 1. The third-order valence-corrected chi connectivity index (χ3v) is 2.17. The Morgan fingerprint density at radius 2 is 1.93 bits per heavy atom. The molecule has 2 rings (SSSR count). The molecule has 2 nitrogen and oxygen atoms in total. The second-order valence-electron chi connectivity index (χ2n) is 3.85. The number of rotatable bonds is 2. The first-order valence-electron chi connectivity index (χ1n) is 4.82. The maximum Gasteiger partial charge on any atom is 0.169 e. The number of hydrogen-bond acceptors (Lipinski definition) is 2. The molecule has 0 aromatic carbocycles. The minimum absolute atomic E-state index is 0.416. The fraction of sp³-hybridized carbons (Fsp3) is 0.333. The van der Waals surface area contributed by atoms with Gasteiger partial charge in [-0.05, 0) is 30.7 Å². The zero-order valence-corrected chi connectivity index (χ0v) is 8.70. The lowest BCUT2D eigenvalue weighted by Gasteiger charge is -1.97. The van der Waals surface area contributed by atoms with Crippen LogP contribution in [0.1, 0.15) is 31.1 Å². The van der Waals surface area contributed by atoms with Crippen LogP contribution in [0.25, 0.3) is 11.5 Å². The summed E-state index contributed by atoms with van der Waals surface area (Å²) >= 11 is 0. The lowest BCUT2D eigenvalue weighted by Crippen LogP contribution is -1.80. The van der Waals surface area contributed by atoms with Crippen LogP contribution in [-0.4, -0.2) is 0 Å². The molecular formula is C12H14O2. The first-order chi connectivity index (χ1) is 6.66. The van der Waals surface area contributed by atoms with E-state index in [1.165, 1.54) is 0 Å². The number of furan rings is 2. The van der Waals surface area contributed by atoms with Crippen molar-refractivity contribution in [2.24, 2.45) is 0 Å². The Morgan fingerprint density at radius 1 is 1.14 bits per heavy atom. The van der Waals surface area contributed by atoms with Crippen LogP contribution in [0.15, 0.2) is 33.3 Å². The highest BCUT2D eigenvalue weighted by Crippen LogP contribution is 2.27. The van der Waals surface area contributed by atoms with Crippen LogP contribution in [0, 0.1) is 6.92 Å². The van der Waals surface area contributed by atoms with Crippen LogP contribution >= 0.6 is 0 Å². The van der Waals surface area contributed by atoms with Crippen molar-refractivity contribution in [1.29, 1.82) is 0 Å². The minimum atomic E-state index is 0.416. The molecule has 2 heteroatoms. The summed E-state index contributed by atoms with van der Waals surface area (Å²) < 4.78 is 11.0. The van der Waals surface area contributed by atoms with Gasteiger partial charge in [-0.2, -0.15) is 0 Å². The maximum atomic E-state index is 5.65. The van der Waals surface area contributed by atoms with E-state index in [4.69, 9.17) is 8.83 Å². The molecule has 2 aromatic rings. The monoisotopic (exact) mass is 190 g/mol. The highest BCUT2D eigenvalue weighted by Gasteiger charge is 2.09. The van der Waals surface area contributed by atoms with Crippen molar-refractivity contribution < 1.29 is 8.83 Å². The molecule has 0 aliphatic heterocycles. The Balaban J connectivity index is 2.33. The van der Waals surface area contributed by atoms with Crippen LogP contribution in [0.2, 0.25) is 0 Å². The summed E-state index contributed by atoms with van der Waals surface area (Å²) in [6, 6.07) is 5.92. The van der Waals surface area contributed by atoms with Crippen molar-refractivity contribution in [2.45, 2.75) is 26.7 Å². The normalized spacial score (nSPS) is 11.1. The molecule has 0 unspecified atom stereocenters. The molecule has 0 bridgehead atoms. The average Bonchev–Trinajstić information content (AvgIpc) is 2.70. The van der Waals surface area contributed by atoms with Gasteiger partial charge in [0.15, 0.2) is 11.5 Å². The van der Waals surface area contributed by atoms with Gasteiger partial charge >= 0.3 is 0 Å². The van der Waals surface area contributed by atoms with Crippen LogP contribution in [-0.2, 0) is 0 Å². The van der Waals surface area contributed by atoms with E-state index < -0.39 is 0 Å². The van der Waals surface area contributed by atoms with Crippen molar-refractivity contribution >= 4 is 0 Å². The third kappa shape index (κ3) is 1.60. The van der Waals surface area contributed by atoms with E-state index in [2.05, 4.69) is 13.8 Å². The number of hydrogen-bond donors (Lipinski definition) is 0. The summed E-state index contributed by atoms with van der Waals surface area (Å²) in [6.07, 6.45) is 1.73. The van der Waals surface area contributed by atoms with Gasteiger partial charge in [0.1, 0.15) is 5.76 Å².